The number of rotatable bonds is 2. The number of hydrogen-bond donors (Lipinski definition) is 0. The molecule has 0 N–H and O–H groups in total. The summed E-state index contributed by atoms with van der Waals surface area (Å²) >= 11 is 16.7. The van der Waals surface area contributed by atoms with E-state index in [4.69, 9.17) is 34.8 Å². The van der Waals surface area contributed by atoms with Crippen LogP contribution in [0.4, 0.5) is 8.78 Å². The van der Waals surface area contributed by atoms with Crippen molar-refractivity contribution in [3.63, 3.8) is 0 Å². The molecule has 0 unspecified atom stereocenters. The highest BCUT2D eigenvalue weighted by Gasteiger charge is 2.19. The number of hydrogen-bond acceptors (Lipinski definition) is 1. The summed E-state index contributed by atoms with van der Waals surface area (Å²) in [6.07, 6.45) is -3.08. The minimum atomic E-state index is -3.08. The van der Waals surface area contributed by atoms with Crippen LogP contribution in [-0.2, 0) is 0 Å². The van der Waals surface area contributed by atoms with Gasteiger partial charge in [0, 0.05) is 5.56 Å². The molecule has 0 radical (unpaired) electrons. The molecule has 0 bridgehead atoms. The highest BCUT2D eigenvalue weighted by molar-refractivity contribution is 6.48. The van der Waals surface area contributed by atoms with Crippen molar-refractivity contribution in [2.45, 2.75) is 6.43 Å². The smallest absolute Gasteiger partial charge is 0.288 e. The number of alkyl halides is 2. The number of benzene rings is 1. The zero-order chi connectivity index (χ0) is 10.9. The van der Waals surface area contributed by atoms with Crippen molar-refractivity contribution in [2.24, 2.45) is 0 Å². The molecule has 0 amide bonds. The maximum Gasteiger partial charge on any atom is 0.300 e. The molecular formula is C8H3Cl3F2O. The molecule has 0 aromatic heterocycles. The van der Waals surface area contributed by atoms with E-state index in [0.29, 0.717) is 0 Å². The van der Waals surface area contributed by atoms with Gasteiger partial charge in [-0.15, -0.1) is 0 Å². The maximum atomic E-state index is 12.0. The molecule has 1 rings (SSSR count). The van der Waals surface area contributed by atoms with Crippen LogP contribution < -0.4 is 0 Å². The molecule has 0 fully saturated rings. The second-order valence-corrected chi connectivity index (χ2v) is 3.61. The van der Waals surface area contributed by atoms with E-state index < -0.39 is 12.2 Å². The number of Topliss-reactive ketones (excluding diaryl/α,β-unsaturated/α-hetero) is 1. The predicted octanol–water partition coefficient (Wildman–Crippen LogP) is 4.09. The first kappa shape index (κ1) is 11.7. The van der Waals surface area contributed by atoms with E-state index in [9.17, 15) is 13.6 Å². The zero-order valence-electron chi connectivity index (χ0n) is 6.53. The lowest BCUT2D eigenvalue weighted by atomic mass is 10.1. The normalized spacial score (nSPS) is 10.7. The van der Waals surface area contributed by atoms with Crippen LogP contribution in [0.5, 0.6) is 0 Å². The van der Waals surface area contributed by atoms with E-state index in [2.05, 4.69) is 0 Å². The SMILES string of the molecule is O=C(c1cc(Cl)c(Cl)c(Cl)c1)C(F)F. The summed E-state index contributed by atoms with van der Waals surface area (Å²) in [5.74, 6) is -1.33. The Morgan fingerprint density at radius 3 is 1.93 bits per heavy atom. The topological polar surface area (TPSA) is 17.1 Å². The van der Waals surface area contributed by atoms with Gasteiger partial charge in [-0.25, -0.2) is 8.78 Å². The van der Waals surface area contributed by atoms with Crippen LogP contribution in [0.1, 0.15) is 10.4 Å². The van der Waals surface area contributed by atoms with E-state index in [-0.39, 0.29) is 20.6 Å². The number of carbonyl (C=O) groups is 1. The fourth-order valence-electron chi connectivity index (χ4n) is 0.824. The molecule has 0 atom stereocenters. The van der Waals surface area contributed by atoms with Gasteiger partial charge in [0.15, 0.2) is 0 Å². The van der Waals surface area contributed by atoms with Crippen molar-refractivity contribution < 1.29 is 13.6 Å². The van der Waals surface area contributed by atoms with Gasteiger partial charge in [-0.1, -0.05) is 34.8 Å². The summed E-state index contributed by atoms with van der Waals surface area (Å²) in [5, 5.41) is -0.00881. The van der Waals surface area contributed by atoms with Gasteiger partial charge >= 0.3 is 6.43 Å². The molecule has 0 saturated heterocycles. The molecule has 0 aliphatic rings. The van der Waals surface area contributed by atoms with Gasteiger partial charge in [-0.2, -0.15) is 0 Å². The maximum absolute atomic E-state index is 12.0. The monoisotopic (exact) mass is 258 g/mol. The Morgan fingerprint density at radius 1 is 1.14 bits per heavy atom. The quantitative estimate of drug-likeness (QED) is 0.577. The Bertz CT molecular complexity index is 356. The van der Waals surface area contributed by atoms with E-state index in [0.717, 1.165) is 12.1 Å². The largest absolute Gasteiger partial charge is 0.300 e. The first-order valence-electron chi connectivity index (χ1n) is 3.40. The molecule has 0 aliphatic heterocycles. The first-order chi connectivity index (χ1) is 6.43. The summed E-state index contributed by atoms with van der Waals surface area (Å²) in [4.78, 5) is 10.8. The van der Waals surface area contributed by atoms with E-state index in [1.165, 1.54) is 0 Å². The van der Waals surface area contributed by atoms with Crippen LogP contribution >= 0.6 is 34.8 Å². The van der Waals surface area contributed by atoms with E-state index >= 15 is 0 Å². The van der Waals surface area contributed by atoms with Crippen molar-refractivity contribution in [3.05, 3.63) is 32.8 Å². The number of halogens is 5. The Labute approximate surface area is 93.6 Å². The van der Waals surface area contributed by atoms with Gasteiger partial charge in [0.1, 0.15) is 0 Å². The Morgan fingerprint density at radius 2 is 1.57 bits per heavy atom. The van der Waals surface area contributed by atoms with Gasteiger partial charge in [0.25, 0.3) is 0 Å². The van der Waals surface area contributed by atoms with Crippen molar-refractivity contribution in [1.82, 2.24) is 0 Å². The minimum absolute atomic E-state index is 0.0248. The standard InChI is InChI=1S/C8H3Cl3F2O/c9-4-1-3(7(14)8(12)13)2-5(10)6(4)11/h1-2,8H. The molecule has 0 saturated carbocycles. The molecule has 0 aliphatic carbocycles. The van der Waals surface area contributed by atoms with Crippen LogP contribution in [0.25, 0.3) is 0 Å². The molecule has 6 heteroatoms. The van der Waals surface area contributed by atoms with E-state index in [1.54, 1.807) is 0 Å². The molecular weight excluding hydrogens is 256 g/mol. The third-order valence-corrected chi connectivity index (χ3v) is 2.66. The average Bonchev–Trinajstić information content (AvgIpc) is 2.12. The Kier molecular flexibility index (Phi) is 3.70. The first-order valence-corrected chi connectivity index (χ1v) is 4.53. The third kappa shape index (κ3) is 2.35. The Balaban J connectivity index is 3.19. The van der Waals surface area contributed by atoms with E-state index in [1.807, 2.05) is 0 Å². The molecule has 0 heterocycles. The van der Waals surface area contributed by atoms with Gasteiger partial charge in [0.05, 0.1) is 15.1 Å². The molecule has 1 aromatic rings. The lowest BCUT2D eigenvalue weighted by Gasteiger charge is -2.03. The van der Waals surface area contributed by atoms with Crippen molar-refractivity contribution in [2.75, 3.05) is 0 Å². The highest BCUT2D eigenvalue weighted by Crippen LogP contribution is 2.31. The third-order valence-electron chi connectivity index (χ3n) is 1.47. The van der Waals surface area contributed by atoms with Crippen molar-refractivity contribution in [1.29, 1.82) is 0 Å². The summed E-state index contributed by atoms with van der Waals surface area (Å²) in [7, 11) is 0. The zero-order valence-corrected chi connectivity index (χ0v) is 8.80. The number of ketones is 1. The van der Waals surface area contributed by atoms with Crippen LogP contribution in [0.15, 0.2) is 12.1 Å². The fourth-order valence-corrected chi connectivity index (χ4v) is 1.42. The second kappa shape index (κ2) is 4.43. The van der Waals surface area contributed by atoms with Crippen LogP contribution in [0.3, 0.4) is 0 Å². The average molecular weight is 259 g/mol. The van der Waals surface area contributed by atoms with Crippen molar-refractivity contribution >= 4 is 40.6 Å². The second-order valence-electron chi connectivity index (χ2n) is 2.42. The van der Waals surface area contributed by atoms with Gasteiger partial charge < -0.3 is 0 Å². The van der Waals surface area contributed by atoms with Crippen molar-refractivity contribution in [3.8, 4) is 0 Å². The summed E-state index contributed by atoms with van der Waals surface area (Å²) in [5.41, 5.74) is -0.251. The molecule has 0 spiro atoms. The van der Waals surface area contributed by atoms with Crippen LogP contribution in [0.2, 0.25) is 15.1 Å². The van der Waals surface area contributed by atoms with Gasteiger partial charge in [-0.3, -0.25) is 4.79 Å². The minimum Gasteiger partial charge on any atom is -0.288 e. The predicted molar refractivity (Wildman–Crippen MR) is 51.8 cm³/mol. The lowest BCUT2D eigenvalue weighted by Crippen LogP contribution is -2.10. The molecule has 1 aromatic carbocycles. The summed E-state index contributed by atoms with van der Waals surface area (Å²) in [6.45, 7) is 0. The summed E-state index contributed by atoms with van der Waals surface area (Å²) in [6, 6.07) is 2.12. The lowest BCUT2D eigenvalue weighted by molar-refractivity contribution is 0.0679. The molecule has 1 nitrogen and oxygen atoms in total. The number of carbonyl (C=O) groups excluding carboxylic acids is 1. The molecule has 14 heavy (non-hydrogen) atoms. The summed E-state index contributed by atoms with van der Waals surface area (Å²) < 4.78 is 24.0. The highest BCUT2D eigenvalue weighted by atomic mass is 35.5. The van der Waals surface area contributed by atoms with Gasteiger partial charge in [-0.05, 0) is 12.1 Å². The van der Waals surface area contributed by atoms with Gasteiger partial charge in [0.2, 0.25) is 5.78 Å². The molecule has 76 valence electrons. The van der Waals surface area contributed by atoms with Crippen LogP contribution in [-0.4, -0.2) is 12.2 Å². The fraction of sp³-hybridized carbons (Fsp3) is 0.125. The van der Waals surface area contributed by atoms with Crippen LogP contribution in [0, 0.1) is 0 Å². The Hall–Kier alpha value is -0.380.